The van der Waals surface area contributed by atoms with Gasteiger partial charge in [-0.15, -0.1) is 11.3 Å². The van der Waals surface area contributed by atoms with Crippen molar-refractivity contribution >= 4 is 28.9 Å². The zero-order chi connectivity index (χ0) is 22.8. The Morgan fingerprint density at radius 1 is 1.21 bits per heavy atom. The molecule has 2 aliphatic heterocycles. The second kappa shape index (κ2) is 9.21. The maximum absolute atomic E-state index is 13.5. The molecule has 0 saturated carbocycles. The van der Waals surface area contributed by atoms with Gasteiger partial charge in [0, 0.05) is 36.3 Å². The minimum absolute atomic E-state index is 0.0325. The highest BCUT2D eigenvalue weighted by Gasteiger charge is 2.48. The molecule has 2 aliphatic rings. The van der Waals surface area contributed by atoms with Gasteiger partial charge in [0.2, 0.25) is 5.91 Å². The number of likely N-dealkylation sites (tertiary alicyclic amines) is 1. The summed E-state index contributed by atoms with van der Waals surface area (Å²) in [5.74, 6) is -0.794. The first kappa shape index (κ1) is 21.4. The standard InChI is InChI=1S/C24H22N4O4S/c29-19-13-32-20-8-10-28(21(19)20)24(31)17(11-15-5-2-1-3-6-15)26-22(30)18-14-33-23(27-18)16-7-4-9-25-12-16/h1-7,9,12,14,17,20-21H,8,10-11,13H2,(H,26,30). The van der Waals surface area contributed by atoms with Gasteiger partial charge in [0.15, 0.2) is 5.78 Å². The minimum atomic E-state index is -0.824. The van der Waals surface area contributed by atoms with Gasteiger partial charge in [-0.1, -0.05) is 30.3 Å². The number of ether oxygens (including phenoxy) is 1. The molecule has 5 rings (SSSR count). The third-order valence-electron chi connectivity index (χ3n) is 5.93. The molecule has 3 aromatic rings. The molecule has 168 valence electrons. The van der Waals surface area contributed by atoms with Crippen molar-refractivity contribution in [1.82, 2.24) is 20.2 Å². The van der Waals surface area contributed by atoms with Crippen molar-refractivity contribution in [2.45, 2.75) is 31.0 Å². The molecule has 33 heavy (non-hydrogen) atoms. The van der Waals surface area contributed by atoms with Crippen molar-refractivity contribution in [1.29, 1.82) is 0 Å². The maximum Gasteiger partial charge on any atom is 0.271 e. The average Bonchev–Trinajstić information content (AvgIpc) is 3.58. The molecule has 4 heterocycles. The number of thiazole rings is 1. The number of carbonyl (C=O) groups excluding carboxylic acids is 3. The summed E-state index contributed by atoms with van der Waals surface area (Å²) in [6.45, 7) is 0.466. The van der Waals surface area contributed by atoms with Crippen molar-refractivity contribution in [2.75, 3.05) is 13.2 Å². The lowest BCUT2D eigenvalue weighted by Crippen LogP contribution is -2.53. The smallest absolute Gasteiger partial charge is 0.271 e. The van der Waals surface area contributed by atoms with Crippen molar-refractivity contribution in [2.24, 2.45) is 0 Å². The van der Waals surface area contributed by atoms with Crippen LogP contribution in [0.4, 0.5) is 0 Å². The van der Waals surface area contributed by atoms with E-state index in [4.69, 9.17) is 4.74 Å². The highest BCUT2D eigenvalue weighted by Crippen LogP contribution is 2.28. The third-order valence-corrected chi connectivity index (χ3v) is 6.82. The van der Waals surface area contributed by atoms with Crippen LogP contribution in [0, 0.1) is 0 Å². The largest absolute Gasteiger partial charge is 0.368 e. The van der Waals surface area contributed by atoms with E-state index in [0.29, 0.717) is 24.4 Å². The first-order valence-electron chi connectivity index (χ1n) is 10.8. The van der Waals surface area contributed by atoms with Gasteiger partial charge >= 0.3 is 0 Å². The molecular formula is C24H22N4O4S. The number of benzene rings is 1. The zero-order valence-corrected chi connectivity index (χ0v) is 18.5. The Kier molecular flexibility index (Phi) is 5.97. The maximum atomic E-state index is 13.5. The summed E-state index contributed by atoms with van der Waals surface area (Å²) in [4.78, 5) is 49.0. The number of carbonyl (C=O) groups is 3. The van der Waals surface area contributed by atoms with Gasteiger partial charge in [0.1, 0.15) is 29.4 Å². The Balaban J connectivity index is 1.37. The number of rotatable bonds is 6. The van der Waals surface area contributed by atoms with Gasteiger partial charge in [-0.2, -0.15) is 0 Å². The quantitative estimate of drug-likeness (QED) is 0.602. The van der Waals surface area contributed by atoms with E-state index >= 15 is 0 Å². The van der Waals surface area contributed by atoms with Crippen LogP contribution in [0.2, 0.25) is 0 Å². The van der Waals surface area contributed by atoms with Gasteiger partial charge < -0.3 is 15.0 Å². The highest BCUT2D eigenvalue weighted by atomic mass is 32.1. The lowest BCUT2D eigenvalue weighted by atomic mass is 10.0. The van der Waals surface area contributed by atoms with E-state index in [2.05, 4.69) is 15.3 Å². The summed E-state index contributed by atoms with van der Waals surface area (Å²) in [5, 5.41) is 5.21. The third kappa shape index (κ3) is 4.42. The van der Waals surface area contributed by atoms with Crippen molar-refractivity contribution in [3.8, 4) is 10.6 Å². The summed E-state index contributed by atoms with van der Waals surface area (Å²) in [6, 6.07) is 11.8. The van der Waals surface area contributed by atoms with Crippen LogP contribution in [0.5, 0.6) is 0 Å². The Morgan fingerprint density at radius 2 is 2.06 bits per heavy atom. The first-order valence-corrected chi connectivity index (χ1v) is 11.6. The zero-order valence-electron chi connectivity index (χ0n) is 17.7. The molecule has 3 atom stereocenters. The molecule has 0 spiro atoms. The SMILES string of the molecule is O=C(NC(Cc1ccccc1)C(=O)N1CCC2OCC(=O)C21)c1csc(-c2cccnc2)n1. The van der Waals surface area contributed by atoms with Gasteiger partial charge in [0.05, 0.1) is 6.10 Å². The summed E-state index contributed by atoms with van der Waals surface area (Å²) < 4.78 is 5.52. The molecular weight excluding hydrogens is 440 g/mol. The number of hydrogen-bond acceptors (Lipinski definition) is 7. The van der Waals surface area contributed by atoms with Gasteiger partial charge in [-0.05, 0) is 24.1 Å². The molecule has 2 fully saturated rings. The van der Waals surface area contributed by atoms with Gasteiger partial charge in [-0.3, -0.25) is 19.4 Å². The van der Waals surface area contributed by atoms with Crippen molar-refractivity contribution in [3.05, 3.63) is 71.5 Å². The molecule has 3 unspecified atom stereocenters. The normalized spacial score (nSPS) is 20.5. The van der Waals surface area contributed by atoms with Crippen molar-refractivity contribution < 1.29 is 19.1 Å². The number of amides is 2. The van der Waals surface area contributed by atoms with Crippen LogP contribution in [-0.4, -0.2) is 63.8 Å². The van der Waals surface area contributed by atoms with E-state index in [1.165, 1.54) is 11.3 Å². The number of pyridine rings is 1. The van der Waals surface area contributed by atoms with E-state index in [1.807, 2.05) is 42.5 Å². The fourth-order valence-electron chi connectivity index (χ4n) is 4.32. The molecule has 0 aliphatic carbocycles. The molecule has 1 aromatic carbocycles. The second-order valence-electron chi connectivity index (χ2n) is 8.08. The molecule has 1 N–H and O–H groups in total. The molecule has 0 bridgehead atoms. The van der Waals surface area contributed by atoms with Crippen LogP contribution in [0.3, 0.4) is 0 Å². The Bertz CT molecular complexity index is 1170. The number of aromatic nitrogens is 2. The predicted octanol–water partition coefficient (Wildman–Crippen LogP) is 2.11. The van der Waals surface area contributed by atoms with Gasteiger partial charge in [0.25, 0.3) is 5.91 Å². The fourth-order valence-corrected chi connectivity index (χ4v) is 5.11. The van der Waals surface area contributed by atoms with Crippen molar-refractivity contribution in [3.63, 3.8) is 0 Å². The van der Waals surface area contributed by atoms with E-state index in [0.717, 1.165) is 11.1 Å². The second-order valence-corrected chi connectivity index (χ2v) is 8.93. The average molecular weight is 463 g/mol. The number of nitrogens with one attached hydrogen (secondary N) is 1. The number of fused-ring (bicyclic) bond motifs is 1. The number of hydrogen-bond donors (Lipinski definition) is 1. The first-order chi connectivity index (χ1) is 16.1. The van der Waals surface area contributed by atoms with Crippen LogP contribution in [-0.2, 0) is 20.7 Å². The lowest BCUT2D eigenvalue weighted by molar-refractivity contribution is -0.138. The number of Topliss-reactive ketones (excluding diaryl/α,β-unsaturated/α-hetero) is 1. The lowest BCUT2D eigenvalue weighted by Gasteiger charge is -2.27. The highest BCUT2D eigenvalue weighted by molar-refractivity contribution is 7.13. The summed E-state index contributed by atoms with van der Waals surface area (Å²) in [7, 11) is 0. The van der Waals surface area contributed by atoms with E-state index in [1.54, 1.807) is 22.7 Å². The van der Waals surface area contributed by atoms with Crippen LogP contribution in [0.1, 0.15) is 22.5 Å². The molecule has 8 nitrogen and oxygen atoms in total. The fraction of sp³-hybridized carbons (Fsp3) is 0.292. The molecule has 2 aromatic heterocycles. The monoisotopic (exact) mass is 462 g/mol. The van der Waals surface area contributed by atoms with Gasteiger partial charge in [-0.25, -0.2) is 4.98 Å². The molecule has 9 heteroatoms. The van der Waals surface area contributed by atoms with Crippen LogP contribution in [0.15, 0.2) is 60.2 Å². The Labute approximate surface area is 194 Å². The van der Waals surface area contributed by atoms with E-state index in [9.17, 15) is 14.4 Å². The number of nitrogens with zero attached hydrogens (tertiary/aromatic N) is 3. The van der Waals surface area contributed by atoms with E-state index < -0.39 is 18.0 Å². The topological polar surface area (TPSA) is 101 Å². The molecule has 0 radical (unpaired) electrons. The minimum Gasteiger partial charge on any atom is -0.368 e. The van der Waals surface area contributed by atoms with E-state index in [-0.39, 0.29) is 30.1 Å². The summed E-state index contributed by atoms with van der Waals surface area (Å²) >= 11 is 1.34. The van der Waals surface area contributed by atoms with Crippen LogP contribution in [0.25, 0.3) is 10.6 Å². The van der Waals surface area contributed by atoms with Crippen LogP contribution >= 0.6 is 11.3 Å². The number of ketones is 1. The summed E-state index contributed by atoms with van der Waals surface area (Å²) in [5.41, 5.74) is 1.97. The van der Waals surface area contributed by atoms with Crippen LogP contribution < -0.4 is 5.32 Å². The predicted molar refractivity (Wildman–Crippen MR) is 122 cm³/mol. The Hall–Kier alpha value is -3.43. The summed E-state index contributed by atoms with van der Waals surface area (Å²) in [6.07, 6.45) is 4.04. The Morgan fingerprint density at radius 3 is 2.85 bits per heavy atom. The molecule has 2 amide bonds. The molecule has 2 saturated heterocycles.